The third-order valence-corrected chi connectivity index (χ3v) is 4.60. The molecule has 2 N–H and O–H groups in total. The van der Waals surface area contributed by atoms with Crippen LogP contribution in [0.5, 0.6) is 0 Å². The molecule has 2 aromatic rings. The molecule has 3 rings (SSSR count). The van der Waals surface area contributed by atoms with Crippen LogP contribution in [0.1, 0.15) is 44.6 Å². The van der Waals surface area contributed by atoms with Gasteiger partial charge in [0.1, 0.15) is 5.82 Å². The first kappa shape index (κ1) is 14.3. The number of hydrogen-bond acceptors (Lipinski definition) is 3. The molecule has 1 aromatic heterocycles. The summed E-state index contributed by atoms with van der Waals surface area (Å²) in [6, 6.07) is 9.19. The number of aromatic nitrogens is 1. The second-order valence-electron chi connectivity index (χ2n) is 5.99. The number of fused-ring (bicyclic) bond motifs is 1. The topological polar surface area (TPSA) is 42.2 Å². The van der Waals surface area contributed by atoms with Crippen molar-refractivity contribution < 1.29 is 0 Å². The second kappa shape index (κ2) is 6.44. The molecule has 1 aliphatic heterocycles. The molecular weight excluding hydrogens is 258 g/mol. The summed E-state index contributed by atoms with van der Waals surface area (Å²) in [7, 11) is 0. The predicted molar refractivity (Wildman–Crippen MR) is 89.5 cm³/mol. The first-order valence-corrected chi connectivity index (χ1v) is 8.18. The van der Waals surface area contributed by atoms with Gasteiger partial charge in [-0.1, -0.05) is 37.6 Å². The van der Waals surface area contributed by atoms with Gasteiger partial charge < -0.3 is 10.6 Å². The quantitative estimate of drug-likeness (QED) is 0.926. The fourth-order valence-electron chi connectivity index (χ4n) is 3.54. The van der Waals surface area contributed by atoms with Gasteiger partial charge in [-0.2, -0.15) is 0 Å². The van der Waals surface area contributed by atoms with Crippen molar-refractivity contribution in [3.63, 3.8) is 0 Å². The Balaban J connectivity index is 2.06. The van der Waals surface area contributed by atoms with Crippen molar-refractivity contribution in [2.75, 3.05) is 11.4 Å². The van der Waals surface area contributed by atoms with Crippen molar-refractivity contribution in [3.05, 3.63) is 36.0 Å². The van der Waals surface area contributed by atoms with Crippen molar-refractivity contribution in [1.82, 2.24) is 4.98 Å². The standard InChI is InChI=1S/C18H25N3/c1-2-7-15-8-5-6-11-21(15)18-17-10-4-3-9-16(17)14(12-19)13-20-18/h3-4,9-10,13,15H,2,5-8,11-12,19H2,1H3. The summed E-state index contributed by atoms with van der Waals surface area (Å²) in [6.07, 6.45) is 8.38. The Morgan fingerprint density at radius 2 is 2.05 bits per heavy atom. The number of rotatable bonds is 4. The number of pyridine rings is 1. The van der Waals surface area contributed by atoms with E-state index in [1.54, 1.807) is 0 Å². The van der Waals surface area contributed by atoms with E-state index in [9.17, 15) is 0 Å². The van der Waals surface area contributed by atoms with Crippen LogP contribution in [0.25, 0.3) is 10.8 Å². The lowest BCUT2D eigenvalue weighted by Crippen LogP contribution is -2.40. The number of piperidine rings is 1. The summed E-state index contributed by atoms with van der Waals surface area (Å²) in [5.41, 5.74) is 7.00. The Kier molecular flexibility index (Phi) is 4.39. The average molecular weight is 283 g/mol. The Morgan fingerprint density at radius 3 is 2.81 bits per heavy atom. The summed E-state index contributed by atoms with van der Waals surface area (Å²) >= 11 is 0. The highest BCUT2D eigenvalue weighted by molar-refractivity contribution is 5.94. The molecule has 1 saturated heterocycles. The third kappa shape index (κ3) is 2.75. The molecule has 0 radical (unpaired) electrons. The van der Waals surface area contributed by atoms with Gasteiger partial charge in [0.15, 0.2) is 0 Å². The van der Waals surface area contributed by atoms with Crippen LogP contribution in [0.15, 0.2) is 30.5 Å². The second-order valence-corrected chi connectivity index (χ2v) is 5.99. The number of anilines is 1. The normalized spacial score (nSPS) is 19.1. The van der Waals surface area contributed by atoms with Crippen LogP contribution in [-0.2, 0) is 6.54 Å². The summed E-state index contributed by atoms with van der Waals surface area (Å²) in [4.78, 5) is 7.32. The van der Waals surface area contributed by atoms with E-state index in [1.165, 1.54) is 42.9 Å². The molecule has 1 fully saturated rings. The van der Waals surface area contributed by atoms with Crippen molar-refractivity contribution >= 4 is 16.6 Å². The van der Waals surface area contributed by atoms with Crippen LogP contribution in [0.4, 0.5) is 5.82 Å². The average Bonchev–Trinajstić information content (AvgIpc) is 2.55. The first-order chi connectivity index (χ1) is 10.3. The molecule has 0 bridgehead atoms. The molecule has 1 aliphatic rings. The van der Waals surface area contributed by atoms with Gasteiger partial charge in [-0.25, -0.2) is 4.98 Å². The van der Waals surface area contributed by atoms with E-state index >= 15 is 0 Å². The summed E-state index contributed by atoms with van der Waals surface area (Å²) < 4.78 is 0. The number of nitrogens with two attached hydrogens (primary N) is 1. The maximum Gasteiger partial charge on any atom is 0.136 e. The van der Waals surface area contributed by atoms with Crippen molar-refractivity contribution in [2.24, 2.45) is 5.73 Å². The molecule has 0 saturated carbocycles. The van der Waals surface area contributed by atoms with Gasteiger partial charge in [0.05, 0.1) is 0 Å². The minimum absolute atomic E-state index is 0.548. The largest absolute Gasteiger partial charge is 0.353 e. The third-order valence-electron chi connectivity index (χ3n) is 4.60. The fourth-order valence-corrected chi connectivity index (χ4v) is 3.54. The molecule has 3 nitrogen and oxygen atoms in total. The lowest BCUT2D eigenvalue weighted by atomic mass is 9.97. The molecule has 0 aliphatic carbocycles. The Hall–Kier alpha value is -1.61. The molecular formula is C18H25N3. The molecule has 0 spiro atoms. The monoisotopic (exact) mass is 283 g/mol. The minimum atomic E-state index is 0.548. The van der Waals surface area contributed by atoms with E-state index < -0.39 is 0 Å². The fraction of sp³-hybridized carbons (Fsp3) is 0.500. The van der Waals surface area contributed by atoms with Gasteiger partial charge >= 0.3 is 0 Å². The van der Waals surface area contributed by atoms with Gasteiger partial charge in [-0.3, -0.25) is 0 Å². The van der Waals surface area contributed by atoms with Gasteiger partial charge in [-0.05, 0) is 36.6 Å². The molecule has 0 amide bonds. The summed E-state index contributed by atoms with van der Waals surface area (Å²) in [5.74, 6) is 1.15. The van der Waals surface area contributed by atoms with E-state index in [2.05, 4.69) is 36.1 Å². The van der Waals surface area contributed by atoms with E-state index in [-0.39, 0.29) is 0 Å². The summed E-state index contributed by atoms with van der Waals surface area (Å²) in [5, 5.41) is 2.51. The minimum Gasteiger partial charge on any atom is -0.353 e. The van der Waals surface area contributed by atoms with E-state index in [0.717, 1.165) is 17.9 Å². The van der Waals surface area contributed by atoms with Crippen LogP contribution in [-0.4, -0.2) is 17.6 Å². The number of nitrogens with zero attached hydrogens (tertiary/aromatic N) is 2. The molecule has 1 atom stereocenters. The number of benzene rings is 1. The molecule has 3 heteroatoms. The zero-order chi connectivity index (χ0) is 14.7. The van der Waals surface area contributed by atoms with Crippen molar-refractivity contribution in [1.29, 1.82) is 0 Å². The van der Waals surface area contributed by atoms with Crippen LogP contribution in [0, 0.1) is 0 Å². The van der Waals surface area contributed by atoms with E-state index in [1.807, 2.05) is 6.20 Å². The molecule has 2 heterocycles. The highest BCUT2D eigenvalue weighted by Gasteiger charge is 2.24. The van der Waals surface area contributed by atoms with Gasteiger partial charge in [0.2, 0.25) is 0 Å². The van der Waals surface area contributed by atoms with E-state index in [0.29, 0.717) is 12.6 Å². The lowest BCUT2D eigenvalue weighted by Gasteiger charge is -2.37. The SMILES string of the molecule is CCCC1CCCCN1c1ncc(CN)c2ccccc12. The summed E-state index contributed by atoms with van der Waals surface area (Å²) in [6.45, 7) is 3.95. The Morgan fingerprint density at radius 1 is 1.24 bits per heavy atom. The zero-order valence-corrected chi connectivity index (χ0v) is 12.9. The maximum absolute atomic E-state index is 5.87. The van der Waals surface area contributed by atoms with Gasteiger partial charge in [0, 0.05) is 30.7 Å². The lowest BCUT2D eigenvalue weighted by molar-refractivity contribution is 0.433. The number of hydrogen-bond donors (Lipinski definition) is 1. The first-order valence-electron chi connectivity index (χ1n) is 8.18. The van der Waals surface area contributed by atoms with Crippen LogP contribution in [0.2, 0.25) is 0 Å². The highest BCUT2D eigenvalue weighted by Crippen LogP contribution is 2.32. The molecule has 112 valence electrons. The van der Waals surface area contributed by atoms with Crippen LogP contribution >= 0.6 is 0 Å². The van der Waals surface area contributed by atoms with Crippen molar-refractivity contribution in [3.8, 4) is 0 Å². The van der Waals surface area contributed by atoms with Crippen LogP contribution in [0.3, 0.4) is 0 Å². The smallest absolute Gasteiger partial charge is 0.136 e. The Labute approximate surface area is 127 Å². The molecule has 21 heavy (non-hydrogen) atoms. The molecule has 1 aromatic carbocycles. The predicted octanol–water partition coefficient (Wildman–Crippen LogP) is 3.85. The zero-order valence-electron chi connectivity index (χ0n) is 12.9. The van der Waals surface area contributed by atoms with Gasteiger partial charge in [0.25, 0.3) is 0 Å². The molecule has 1 unspecified atom stereocenters. The van der Waals surface area contributed by atoms with E-state index in [4.69, 9.17) is 10.7 Å². The maximum atomic E-state index is 5.87. The Bertz CT molecular complexity index is 606. The van der Waals surface area contributed by atoms with Gasteiger partial charge in [-0.15, -0.1) is 0 Å². The highest BCUT2D eigenvalue weighted by atomic mass is 15.2. The van der Waals surface area contributed by atoms with Crippen molar-refractivity contribution in [2.45, 2.75) is 51.6 Å². The van der Waals surface area contributed by atoms with Crippen LogP contribution < -0.4 is 10.6 Å².